The van der Waals surface area contributed by atoms with E-state index in [-0.39, 0.29) is 11.6 Å². The fourth-order valence-electron chi connectivity index (χ4n) is 3.60. The van der Waals surface area contributed by atoms with Gasteiger partial charge in [-0.3, -0.25) is 9.59 Å². The van der Waals surface area contributed by atoms with Gasteiger partial charge in [-0.15, -0.1) is 0 Å². The van der Waals surface area contributed by atoms with Gasteiger partial charge in [-0.1, -0.05) is 38.1 Å². The molecule has 0 aliphatic heterocycles. The van der Waals surface area contributed by atoms with Crippen LogP contribution >= 0.6 is 0 Å². The van der Waals surface area contributed by atoms with Crippen LogP contribution in [0.2, 0.25) is 0 Å². The van der Waals surface area contributed by atoms with Crippen LogP contribution in [0.25, 0.3) is 0 Å². The van der Waals surface area contributed by atoms with Gasteiger partial charge in [0.15, 0.2) is 11.6 Å². The molecule has 2 aromatic carbocycles. The molecule has 30 heavy (non-hydrogen) atoms. The normalized spacial score (nSPS) is 15.5. The van der Waals surface area contributed by atoms with Crippen LogP contribution < -0.4 is 10.6 Å². The number of hydrogen-bond donors (Lipinski definition) is 2. The van der Waals surface area contributed by atoms with Crippen molar-refractivity contribution in [2.75, 3.05) is 10.6 Å². The molecule has 0 unspecified atom stereocenters. The molecule has 0 radical (unpaired) electrons. The van der Waals surface area contributed by atoms with E-state index < -0.39 is 0 Å². The van der Waals surface area contributed by atoms with Crippen LogP contribution in [0.5, 0.6) is 0 Å². The Hall–Kier alpha value is -3.66. The van der Waals surface area contributed by atoms with E-state index >= 15 is 0 Å². The Bertz CT molecular complexity index is 1020. The second-order valence-corrected chi connectivity index (χ2v) is 7.32. The van der Waals surface area contributed by atoms with E-state index in [9.17, 15) is 9.59 Å². The van der Waals surface area contributed by atoms with Gasteiger partial charge in [-0.05, 0) is 72.5 Å². The summed E-state index contributed by atoms with van der Waals surface area (Å²) in [6.07, 6.45) is 8.31. The standard InChI is InChI=1S/C26H24N2O2/c1-3-17-5-9-19(10-6-17)27-21-13-15-24(30)26-22(14-16-23(29)25(21)26)28-20-11-7-18(4-2)8-12-20/h5-16,27-28H,3-4H2,1-2H3. The highest BCUT2D eigenvalue weighted by molar-refractivity contribution is 6.23. The van der Waals surface area contributed by atoms with Gasteiger partial charge in [-0.2, -0.15) is 0 Å². The molecule has 0 aromatic heterocycles. The number of carbonyl (C=O) groups excluding carboxylic acids is 2. The molecule has 4 nitrogen and oxygen atoms in total. The molecule has 0 bridgehead atoms. The Morgan fingerprint density at radius 1 is 0.567 bits per heavy atom. The zero-order valence-electron chi connectivity index (χ0n) is 17.2. The van der Waals surface area contributed by atoms with E-state index in [1.807, 2.05) is 24.3 Å². The summed E-state index contributed by atoms with van der Waals surface area (Å²) in [5.74, 6) is -0.357. The quantitative estimate of drug-likeness (QED) is 0.711. The average molecular weight is 396 g/mol. The number of rotatable bonds is 6. The maximum Gasteiger partial charge on any atom is 0.188 e. The Balaban J connectivity index is 1.70. The lowest BCUT2D eigenvalue weighted by atomic mass is 9.86. The third kappa shape index (κ3) is 3.90. The number of aryl methyl sites for hydroxylation is 2. The predicted octanol–water partition coefficient (Wildman–Crippen LogP) is 5.12. The van der Waals surface area contributed by atoms with Gasteiger partial charge >= 0.3 is 0 Å². The second-order valence-electron chi connectivity index (χ2n) is 7.32. The first-order chi connectivity index (χ1) is 14.6. The van der Waals surface area contributed by atoms with Gasteiger partial charge in [0.1, 0.15) is 0 Å². The van der Waals surface area contributed by atoms with Crippen LogP contribution in [0, 0.1) is 0 Å². The molecule has 2 N–H and O–H groups in total. The summed E-state index contributed by atoms with van der Waals surface area (Å²) in [4.78, 5) is 25.4. The van der Waals surface area contributed by atoms with Crippen LogP contribution in [0.4, 0.5) is 11.4 Å². The SMILES string of the molecule is CCc1ccc(NC2=C3C(=O)C=CC(Nc4ccc(CC)cc4)=C3C(=O)C=C2)cc1. The van der Waals surface area contributed by atoms with Gasteiger partial charge in [0.25, 0.3) is 0 Å². The minimum atomic E-state index is -0.178. The first-order valence-electron chi connectivity index (χ1n) is 10.2. The molecule has 0 saturated carbocycles. The third-order valence-corrected chi connectivity index (χ3v) is 5.37. The third-order valence-electron chi connectivity index (χ3n) is 5.37. The van der Waals surface area contributed by atoms with Crippen molar-refractivity contribution in [1.82, 2.24) is 0 Å². The number of ketones is 2. The highest BCUT2D eigenvalue weighted by Crippen LogP contribution is 2.31. The second kappa shape index (κ2) is 8.37. The molecule has 0 fully saturated rings. The van der Waals surface area contributed by atoms with Crippen LogP contribution in [-0.2, 0) is 22.4 Å². The van der Waals surface area contributed by atoms with Gasteiger partial charge in [0.05, 0.1) is 22.5 Å². The zero-order chi connectivity index (χ0) is 21.1. The van der Waals surface area contributed by atoms with Crippen molar-refractivity contribution in [3.05, 3.63) is 107 Å². The molecular weight excluding hydrogens is 372 g/mol. The summed E-state index contributed by atoms with van der Waals surface area (Å²) in [5, 5.41) is 6.61. The largest absolute Gasteiger partial charge is 0.355 e. The Morgan fingerprint density at radius 3 is 1.27 bits per heavy atom. The fraction of sp³-hybridized carbons (Fsp3) is 0.154. The van der Waals surface area contributed by atoms with Crippen molar-refractivity contribution in [3.63, 3.8) is 0 Å². The summed E-state index contributed by atoms with van der Waals surface area (Å²) in [5.41, 5.74) is 6.29. The Morgan fingerprint density at radius 2 is 0.933 bits per heavy atom. The number of hydrogen-bond acceptors (Lipinski definition) is 4. The predicted molar refractivity (Wildman–Crippen MR) is 121 cm³/mol. The molecule has 2 aromatic rings. The van der Waals surface area contributed by atoms with Crippen LogP contribution in [-0.4, -0.2) is 11.6 Å². The number of benzene rings is 2. The minimum absolute atomic E-state index is 0.178. The zero-order valence-corrected chi connectivity index (χ0v) is 17.2. The molecule has 0 atom stereocenters. The summed E-state index contributed by atoms with van der Waals surface area (Å²) >= 11 is 0. The number of anilines is 2. The van der Waals surface area contributed by atoms with E-state index in [0.29, 0.717) is 22.5 Å². The van der Waals surface area contributed by atoms with Crippen LogP contribution in [0.1, 0.15) is 25.0 Å². The molecule has 0 spiro atoms. The molecule has 2 aliphatic rings. The number of allylic oxidation sites excluding steroid dienone is 6. The first-order valence-corrected chi connectivity index (χ1v) is 10.2. The number of carbonyl (C=O) groups is 2. The number of fused-ring (bicyclic) bond motifs is 1. The topological polar surface area (TPSA) is 58.2 Å². The highest BCUT2D eigenvalue weighted by Gasteiger charge is 2.30. The van der Waals surface area contributed by atoms with Gasteiger partial charge < -0.3 is 10.6 Å². The average Bonchev–Trinajstić information content (AvgIpc) is 2.78. The first kappa shape index (κ1) is 19.6. The smallest absolute Gasteiger partial charge is 0.188 e. The lowest BCUT2D eigenvalue weighted by Crippen LogP contribution is -2.24. The molecule has 4 rings (SSSR count). The molecule has 0 saturated heterocycles. The maximum absolute atomic E-state index is 12.7. The van der Waals surface area contributed by atoms with Crippen molar-refractivity contribution < 1.29 is 9.59 Å². The molecule has 150 valence electrons. The number of nitrogens with one attached hydrogen (secondary N) is 2. The van der Waals surface area contributed by atoms with E-state index in [1.165, 1.54) is 23.3 Å². The monoisotopic (exact) mass is 396 g/mol. The van der Waals surface area contributed by atoms with E-state index in [0.717, 1.165) is 24.2 Å². The van der Waals surface area contributed by atoms with Gasteiger partial charge in [0.2, 0.25) is 0 Å². The summed E-state index contributed by atoms with van der Waals surface area (Å²) in [7, 11) is 0. The minimum Gasteiger partial charge on any atom is -0.355 e. The molecule has 0 amide bonds. The fourth-order valence-corrected chi connectivity index (χ4v) is 3.60. The molecule has 0 heterocycles. The van der Waals surface area contributed by atoms with Crippen molar-refractivity contribution in [1.29, 1.82) is 0 Å². The summed E-state index contributed by atoms with van der Waals surface area (Å²) in [6, 6.07) is 16.1. The molecule has 2 aliphatic carbocycles. The Kier molecular flexibility index (Phi) is 5.48. The van der Waals surface area contributed by atoms with E-state index in [4.69, 9.17) is 0 Å². The van der Waals surface area contributed by atoms with Crippen molar-refractivity contribution in [2.24, 2.45) is 0 Å². The molecular formula is C26H24N2O2. The Labute approximate surface area is 176 Å². The maximum atomic E-state index is 12.7. The van der Waals surface area contributed by atoms with Crippen molar-refractivity contribution in [2.45, 2.75) is 26.7 Å². The van der Waals surface area contributed by atoms with Gasteiger partial charge in [-0.25, -0.2) is 0 Å². The van der Waals surface area contributed by atoms with Crippen molar-refractivity contribution >= 4 is 22.9 Å². The van der Waals surface area contributed by atoms with Gasteiger partial charge in [0, 0.05) is 11.4 Å². The van der Waals surface area contributed by atoms with E-state index in [1.54, 1.807) is 12.2 Å². The van der Waals surface area contributed by atoms with Crippen LogP contribution in [0.15, 0.2) is 95.4 Å². The molecule has 4 heteroatoms. The summed E-state index contributed by atoms with van der Waals surface area (Å²) in [6.45, 7) is 4.22. The summed E-state index contributed by atoms with van der Waals surface area (Å²) < 4.78 is 0. The van der Waals surface area contributed by atoms with E-state index in [2.05, 4.69) is 48.7 Å². The lowest BCUT2D eigenvalue weighted by Gasteiger charge is -2.23. The van der Waals surface area contributed by atoms with Crippen LogP contribution in [0.3, 0.4) is 0 Å². The van der Waals surface area contributed by atoms with Crippen molar-refractivity contribution in [3.8, 4) is 0 Å². The highest BCUT2D eigenvalue weighted by atomic mass is 16.1. The lowest BCUT2D eigenvalue weighted by molar-refractivity contribution is -0.114.